The first-order valence-electron chi connectivity index (χ1n) is 13.9. The number of ether oxygens (including phenoxy) is 3. The molecule has 0 N–H and O–H groups in total. The number of benzene rings is 3. The van der Waals surface area contributed by atoms with Crippen LogP contribution in [-0.4, -0.2) is 34.7 Å². The summed E-state index contributed by atoms with van der Waals surface area (Å²) in [5, 5.41) is 2.64. The lowest BCUT2D eigenvalue weighted by Crippen LogP contribution is -2.66. The Labute approximate surface area is 230 Å². The molecule has 1 unspecified atom stereocenters. The molecule has 4 atom stereocenters. The van der Waals surface area contributed by atoms with Gasteiger partial charge in [-0.3, -0.25) is 0 Å². The van der Waals surface area contributed by atoms with Crippen LogP contribution in [0.3, 0.4) is 0 Å². The highest BCUT2D eigenvalue weighted by atomic mass is 28.4. The Morgan fingerprint density at radius 3 is 1.97 bits per heavy atom. The third-order valence-corrected chi connectivity index (χ3v) is 12.8. The molecular formula is C33H44O4Si. The van der Waals surface area contributed by atoms with Crippen LogP contribution in [-0.2, 0) is 13.9 Å². The van der Waals surface area contributed by atoms with E-state index in [9.17, 15) is 0 Å². The van der Waals surface area contributed by atoms with E-state index in [0.29, 0.717) is 18.4 Å². The van der Waals surface area contributed by atoms with Crippen molar-refractivity contribution in [2.24, 2.45) is 11.8 Å². The molecule has 38 heavy (non-hydrogen) atoms. The van der Waals surface area contributed by atoms with Crippen LogP contribution in [0.2, 0.25) is 5.04 Å². The first-order chi connectivity index (χ1) is 18.2. The molecule has 0 amide bonds. The molecule has 1 saturated heterocycles. The van der Waals surface area contributed by atoms with E-state index >= 15 is 0 Å². The van der Waals surface area contributed by atoms with E-state index in [2.05, 4.69) is 95.3 Å². The molecule has 4 nitrogen and oxygen atoms in total. The van der Waals surface area contributed by atoms with Crippen molar-refractivity contribution in [1.29, 1.82) is 0 Å². The van der Waals surface area contributed by atoms with Crippen LogP contribution in [0.5, 0.6) is 5.75 Å². The highest BCUT2D eigenvalue weighted by Gasteiger charge is 2.50. The summed E-state index contributed by atoms with van der Waals surface area (Å²) in [6, 6.07) is 29.7. The number of methoxy groups -OCH3 is 1. The first kappa shape index (κ1) is 28.6. The minimum Gasteiger partial charge on any atom is -0.497 e. The van der Waals surface area contributed by atoms with E-state index in [1.807, 2.05) is 24.3 Å². The highest BCUT2D eigenvalue weighted by Crippen LogP contribution is 2.38. The zero-order valence-electron chi connectivity index (χ0n) is 23.9. The molecule has 0 spiro atoms. The third kappa shape index (κ3) is 6.40. The maximum Gasteiger partial charge on any atom is 0.261 e. The number of hydrogen-bond donors (Lipinski definition) is 0. The summed E-state index contributed by atoms with van der Waals surface area (Å²) >= 11 is 0. The fourth-order valence-corrected chi connectivity index (χ4v) is 10.5. The summed E-state index contributed by atoms with van der Waals surface area (Å²) in [5.74, 6) is 1.64. The molecule has 0 aliphatic carbocycles. The predicted octanol–water partition coefficient (Wildman–Crippen LogP) is 6.74. The summed E-state index contributed by atoms with van der Waals surface area (Å²) in [4.78, 5) is 0. The average molecular weight is 533 g/mol. The second-order valence-electron chi connectivity index (χ2n) is 11.7. The fourth-order valence-electron chi connectivity index (χ4n) is 5.80. The van der Waals surface area contributed by atoms with Gasteiger partial charge in [-0.05, 0) is 52.2 Å². The van der Waals surface area contributed by atoms with Crippen molar-refractivity contribution in [1.82, 2.24) is 0 Å². The molecule has 5 heteroatoms. The summed E-state index contributed by atoms with van der Waals surface area (Å²) < 4.78 is 24.9. The fraction of sp³-hybridized carbons (Fsp3) is 0.455. The summed E-state index contributed by atoms with van der Waals surface area (Å²) in [6.07, 6.45) is 1.78. The van der Waals surface area contributed by atoms with Gasteiger partial charge in [-0.15, -0.1) is 0 Å². The van der Waals surface area contributed by atoms with Crippen molar-refractivity contribution in [2.45, 2.75) is 64.9 Å². The zero-order valence-corrected chi connectivity index (χ0v) is 24.9. The Hall–Kier alpha value is -2.44. The van der Waals surface area contributed by atoms with Crippen molar-refractivity contribution in [3.8, 4) is 5.75 Å². The van der Waals surface area contributed by atoms with Crippen LogP contribution in [0.25, 0.3) is 0 Å². The molecule has 1 heterocycles. The molecule has 1 aliphatic heterocycles. The molecule has 0 radical (unpaired) electrons. The van der Waals surface area contributed by atoms with Gasteiger partial charge in [0, 0.05) is 12.2 Å². The normalized spacial score (nSPS) is 20.1. The molecule has 3 aromatic carbocycles. The van der Waals surface area contributed by atoms with Crippen LogP contribution in [0.4, 0.5) is 0 Å². The van der Waals surface area contributed by atoms with Gasteiger partial charge >= 0.3 is 0 Å². The Kier molecular flexibility index (Phi) is 9.48. The van der Waals surface area contributed by atoms with E-state index in [1.54, 1.807) is 7.11 Å². The Morgan fingerprint density at radius 2 is 1.45 bits per heavy atom. The van der Waals surface area contributed by atoms with E-state index in [-0.39, 0.29) is 17.4 Å². The molecule has 0 bridgehead atoms. The minimum absolute atomic E-state index is 0.0174. The van der Waals surface area contributed by atoms with Crippen molar-refractivity contribution in [3.05, 3.63) is 90.5 Å². The molecule has 0 saturated carbocycles. The van der Waals surface area contributed by atoms with Gasteiger partial charge in [0.2, 0.25) is 0 Å². The van der Waals surface area contributed by atoms with E-state index in [1.165, 1.54) is 10.4 Å². The minimum atomic E-state index is -2.53. The molecular weight excluding hydrogens is 488 g/mol. The molecule has 0 aromatic heterocycles. The molecule has 3 aromatic rings. The van der Waals surface area contributed by atoms with Gasteiger partial charge in [0.15, 0.2) is 6.29 Å². The molecule has 1 fully saturated rings. The van der Waals surface area contributed by atoms with Gasteiger partial charge in [0.1, 0.15) is 5.75 Å². The van der Waals surface area contributed by atoms with Crippen LogP contribution < -0.4 is 15.1 Å². The smallest absolute Gasteiger partial charge is 0.261 e. The Morgan fingerprint density at radius 1 is 0.868 bits per heavy atom. The predicted molar refractivity (Wildman–Crippen MR) is 158 cm³/mol. The van der Waals surface area contributed by atoms with E-state index < -0.39 is 8.32 Å². The third-order valence-electron chi connectivity index (χ3n) is 7.77. The molecule has 1 aliphatic rings. The summed E-state index contributed by atoms with van der Waals surface area (Å²) in [7, 11) is -0.848. The van der Waals surface area contributed by atoms with Gasteiger partial charge in [0.25, 0.3) is 8.32 Å². The first-order valence-corrected chi connectivity index (χ1v) is 15.8. The maximum atomic E-state index is 7.19. The number of hydrogen-bond acceptors (Lipinski definition) is 4. The lowest BCUT2D eigenvalue weighted by atomic mass is 9.91. The monoisotopic (exact) mass is 532 g/mol. The quantitative estimate of drug-likeness (QED) is 0.271. The van der Waals surface area contributed by atoms with E-state index in [0.717, 1.165) is 30.8 Å². The van der Waals surface area contributed by atoms with Crippen LogP contribution in [0.1, 0.15) is 59.3 Å². The van der Waals surface area contributed by atoms with Gasteiger partial charge in [-0.2, -0.15) is 0 Å². The van der Waals surface area contributed by atoms with E-state index in [4.69, 9.17) is 18.6 Å². The zero-order chi connectivity index (χ0) is 27.2. The maximum absolute atomic E-state index is 7.19. The topological polar surface area (TPSA) is 36.9 Å². The molecule has 204 valence electrons. The lowest BCUT2D eigenvalue weighted by Gasteiger charge is -2.43. The lowest BCUT2D eigenvalue weighted by molar-refractivity contribution is -0.229. The SMILES string of the molecule is COc1ccc(C2OCC[C@H]([C@H](C)C[C@H](C)CO[Si](c3ccccc3)(c3ccccc3)C(C)(C)C)O2)cc1. The second kappa shape index (κ2) is 12.6. The highest BCUT2D eigenvalue weighted by molar-refractivity contribution is 6.99. The average Bonchev–Trinajstić information content (AvgIpc) is 2.94. The molecule has 4 rings (SSSR count). The van der Waals surface area contributed by atoms with Crippen LogP contribution in [0, 0.1) is 11.8 Å². The summed E-state index contributed by atoms with van der Waals surface area (Å²) in [5.41, 5.74) is 1.03. The van der Waals surface area contributed by atoms with Gasteiger partial charge in [0.05, 0.1) is 19.8 Å². The Balaban J connectivity index is 1.45. The summed E-state index contributed by atoms with van der Waals surface area (Å²) in [6.45, 7) is 13.1. The van der Waals surface area contributed by atoms with Gasteiger partial charge < -0.3 is 18.6 Å². The van der Waals surface area contributed by atoms with Gasteiger partial charge in [-0.1, -0.05) is 107 Å². The van der Waals surface area contributed by atoms with Crippen molar-refractivity contribution < 1.29 is 18.6 Å². The Bertz CT molecular complexity index is 1070. The van der Waals surface area contributed by atoms with Crippen LogP contribution >= 0.6 is 0 Å². The van der Waals surface area contributed by atoms with Crippen molar-refractivity contribution >= 4 is 18.7 Å². The van der Waals surface area contributed by atoms with Crippen LogP contribution in [0.15, 0.2) is 84.9 Å². The second-order valence-corrected chi connectivity index (χ2v) is 16.0. The largest absolute Gasteiger partial charge is 0.497 e. The van der Waals surface area contributed by atoms with Gasteiger partial charge in [-0.25, -0.2) is 0 Å². The van der Waals surface area contributed by atoms with Crippen molar-refractivity contribution in [2.75, 3.05) is 20.3 Å². The number of rotatable bonds is 10. The standard InChI is InChI=1S/C33H44O4Si/c1-25(23-26(2)31-21-22-35-32(37-31)27-17-19-28(34-6)20-18-27)24-36-38(33(3,4)5,29-13-9-7-10-14-29)30-15-11-8-12-16-30/h7-20,25-26,31-32H,21-24H2,1-6H3/t25-,26+,31+,32?/m0/s1. The van der Waals surface area contributed by atoms with Crippen molar-refractivity contribution in [3.63, 3.8) is 0 Å².